The van der Waals surface area contributed by atoms with Gasteiger partial charge in [0.2, 0.25) is 5.92 Å². The van der Waals surface area contributed by atoms with Crippen molar-refractivity contribution < 1.29 is 8.78 Å². The molecule has 0 spiro atoms. The van der Waals surface area contributed by atoms with Crippen LogP contribution in [0.15, 0.2) is 121 Å². The van der Waals surface area contributed by atoms with E-state index in [1.54, 1.807) is 0 Å². The molecule has 50 heavy (non-hydrogen) atoms. The first-order valence-corrected chi connectivity index (χ1v) is 17.7. The summed E-state index contributed by atoms with van der Waals surface area (Å²) in [5.41, 5.74) is 13.5. The summed E-state index contributed by atoms with van der Waals surface area (Å²) in [4.78, 5) is 0. The van der Waals surface area contributed by atoms with Gasteiger partial charge in [-0.3, -0.25) is 0 Å². The highest BCUT2D eigenvalue weighted by Crippen LogP contribution is 2.50. The van der Waals surface area contributed by atoms with Gasteiger partial charge in [-0.25, -0.2) is 8.78 Å². The molecule has 1 saturated carbocycles. The molecule has 2 aromatic heterocycles. The van der Waals surface area contributed by atoms with Crippen molar-refractivity contribution in [1.29, 1.82) is 0 Å². The molecule has 0 atom stereocenters. The minimum atomic E-state index is -2.64. The average molecular weight is 659 g/mol. The smallest absolute Gasteiger partial charge is 0.248 e. The maximum absolute atomic E-state index is 14.8. The number of benzene rings is 6. The molecule has 0 aliphatic heterocycles. The first-order chi connectivity index (χ1) is 24.1. The first-order valence-electron chi connectivity index (χ1n) is 17.7. The van der Waals surface area contributed by atoms with Crippen molar-refractivity contribution in [3.63, 3.8) is 0 Å². The molecule has 0 N–H and O–H groups in total. The SMILES string of the molecule is Cc1ccc2c(c1)c1cc(C)ccc1n2-c1ccc(C2(c3ccc(-n4c5ccc(C)cc5c5cc(C)ccc54)cc3)CCC(F)(F)CC2)cc1. The summed E-state index contributed by atoms with van der Waals surface area (Å²) >= 11 is 0. The summed E-state index contributed by atoms with van der Waals surface area (Å²) in [6.07, 6.45) is 0.572. The lowest BCUT2D eigenvalue weighted by Crippen LogP contribution is -2.37. The molecule has 1 fully saturated rings. The molecular weight excluding hydrogens is 619 g/mol. The fraction of sp³-hybridized carbons (Fsp3) is 0.217. The van der Waals surface area contributed by atoms with E-state index in [2.05, 4.69) is 158 Å². The Bertz CT molecular complexity index is 2300. The van der Waals surface area contributed by atoms with Crippen LogP contribution in [0.5, 0.6) is 0 Å². The van der Waals surface area contributed by atoms with Gasteiger partial charge in [0.1, 0.15) is 0 Å². The average Bonchev–Trinajstić information content (AvgIpc) is 3.60. The van der Waals surface area contributed by atoms with Crippen molar-refractivity contribution >= 4 is 43.6 Å². The normalized spacial score (nSPS) is 15.8. The van der Waals surface area contributed by atoms with E-state index in [1.807, 2.05) is 0 Å². The quantitative estimate of drug-likeness (QED) is 0.178. The van der Waals surface area contributed by atoms with Crippen LogP contribution >= 0.6 is 0 Å². The zero-order chi connectivity index (χ0) is 34.4. The standard InChI is InChI=1S/C46H40F2N2/c1-29-5-17-41-37(25-29)38-26-30(2)6-18-42(38)49(41)35-13-9-33(10-14-35)45(21-23-46(47,48)24-22-45)34-11-15-36(16-12-34)50-43-19-7-31(3)27-39(43)40-28-32(4)8-20-44(40)50/h5-20,25-28H,21-24H2,1-4H3. The number of aromatic nitrogens is 2. The van der Waals surface area contributed by atoms with E-state index >= 15 is 0 Å². The Labute approximate surface area is 291 Å². The van der Waals surface area contributed by atoms with Crippen LogP contribution in [0.3, 0.4) is 0 Å². The zero-order valence-electron chi connectivity index (χ0n) is 29.0. The van der Waals surface area contributed by atoms with Crippen LogP contribution in [-0.4, -0.2) is 15.1 Å². The number of nitrogens with zero attached hydrogens (tertiary/aromatic N) is 2. The van der Waals surface area contributed by atoms with Gasteiger partial charge in [-0.1, -0.05) is 70.8 Å². The van der Waals surface area contributed by atoms with Gasteiger partial charge in [-0.05, 0) is 124 Å². The first kappa shape index (κ1) is 30.8. The Morgan fingerprint density at radius 2 is 0.700 bits per heavy atom. The van der Waals surface area contributed by atoms with Gasteiger partial charge in [0.25, 0.3) is 0 Å². The predicted molar refractivity (Wildman–Crippen MR) is 205 cm³/mol. The molecule has 248 valence electrons. The molecule has 4 heteroatoms. The molecule has 1 aliphatic carbocycles. The third kappa shape index (κ3) is 4.80. The van der Waals surface area contributed by atoms with Crippen LogP contribution in [0.1, 0.15) is 59.1 Å². The van der Waals surface area contributed by atoms with Gasteiger partial charge in [0.05, 0.1) is 22.1 Å². The topological polar surface area (TPSA) is 9.86 Å². The number of hydrogen-bond donors (Lipinski definition) is 0. The summed E-state index contributed by atoms with van der Waals surface area (Å²) in [5.74, 6) is -2.64. The minimum Gasteiger partial charge on any atom is -0.309 e. The highest BCUT2D eigenvalue weighted by Gasteiger charge is 2.45. The fourth-order valence-electron chi connectivity index (χ4n) is 8.70. The van der Waals surface area contributed by atoms with Crippen molar-refractivity contribution in [3.8, 4) is 11.4 Å². The van der Waals surface area contributed by atoms with Crippen LogP contribution in [0.2, 0.25) is 0 Å². The van der Waals surface area contributed by atoms with Crippen molar-refractivity contribution in [2.75, 3.05) is 0 Å². The Morgan fingerprint density at radius 1 is 0.400 bits per heavy atom. The minimum absolute atomic E-state index is 0.117. The maximum atomic E-state index is 14.8. The highest BCUT2D eigenvalue weighted by atomic mass is 19.3. The maximum Gasteiger partial charge on any atom is 0.248 e. The molecule has 0 amide bonds. The summed E-state index contributed by atoms with van der Waals surface area (Å²) in [6, 6.07) is 44.0. The molecule has 2 nitrogen and oxygen atoms in total. The number of hydrogen-bond acceptors (Lipinski definition) is 0. The lowest BCUT2D eigenvalue weighted by Gasteiger charge is -2.41. The van der Waals surface area contributed by atoms with Crippen LogP contribution in [0.4, 0.5) is 8.78 Å². The Kier molecular flexibility index (Phi) is 6.87. The molecule has 6 aromatic carbocycles. The molecule has 0 radical (unpaired) electrons. The largest absolute Gasteiger partial charge is 0.309 e. The lowest BCUT2D eigenvalue weighted by atomic mass is 9.64. The second-order valence-corrected chi connectivity index (χ2v) is 14.8. The summed E-state index contributed by atoms with van der Waals surface area (Å²) in [6.45, 7) is 8.55. The molecule has 2 heterocycles. The van der Waals surface area contributed by atoms with Gasteiger partial charge >= 0.3 is 0 Å². The van der Waals surface area contributed by atoms with Crippen LogP contribution in [0, 0.1) is 27.7 Å². The van der Waals surface area contributed by atoms with Gasteiger partial charge in [-0.15, -0.1) is 0 Å². The number of halogens is 2. The molecule has 0 bridgehead atoms. The highest BCUT2D eigenvalue weighted by molar-refractivity contribution is 6.10. The summed E-state index contributed by atoms with van der Waals surface area (Å²) in [7, 11) is 0. The fourth-order valence-corrected chi connectivity index (χ4v) is 8.70. The number of fused-ring (bicyclic) bond motifs is 6. The monoisotopic (exact) mass is 658 g/mol. The van der Waals surface area contributed by atoms with E-state index in [9.17, 15) is 8.78 Å². The predicted octanol–water partition coefficient (Wildman–Crippen LogP) is 12.6. The number of alkyl halides is 2. The van der Waals surface area contributed by atoms with Crippen LogP contribution < -0.4 is 0 Å². The van der Waals surface area contributed by atoms with Crippen molar-refractivity contribution in [1.82, 2.24) is 9.13 Å². The van der Waals surface area contributed by atoms with E-state index in [1.165, 1.54) is 65.9 Å². The van der Waals surface area contributed by atoms with Crippen molar-refractivity contribution in [2.24, 2.45) is 0 Å². The van der Waals surface area contributed by atoms with Gasteiger partial charge < -0.3 is 9.13 Å². The Morgan fingerprint density at radius 3 is 1.00 bits per heavy atom. The Balaban J connectivity index is 1.15. The zero-order valence-corrected chi connectivity index (χ0v) is 29.0. The van der Waals surface area contributed by atoms with Gasteiger partial charge in [0, 0.05) is 51.2 Å². The number of aryl methyl sites for hydroxylation is 4. The van der Waals surface area contributed by atoms with E-state index in [-0.39, 0.29) is 12.8 Å². The van der Waals surface area contributed by atoms with E-state index in [4.69, 9.17) is 0 Å². The van der Waals surface area contributed by atoms with Crippen molar-refractivity contribution in [2.45, 2.75) is 64.7 Å². The van der Waals surface area contributed by atoms with Gasteiger partial charge in [-0.2, -0.15) is 0 Å². The molecule has 8 aromatic rings. The van der Waals surface area contributed by atoms with Crippen LogP contribution in [-0.2, 0) is 5.41 Å². The molecule has 0 saturated heterocycles. The third-order valence-corrected chi connectivity index (χ3v) is 11.3. The molecule has 0 unspecified atom stereocenters. The second kappa shape index (κ2) is 11.1. The molecule has 1 aliphatic rings. The van der Waals surface area contributed by atoms with Gasteiger partial charge in [0.15, 0.2) is 0 Å². The van der Waals surface area contributed by atoms with Crippen molar-refractivity contribution in [3.05, 3.63) is 155 Å². The van der Waals surface area contributed by atoms with E-state index in [0.717, 1.165) is 22.5 Å². The molecular formula is C46H40F2N2. The third-order valence-electron chi connectivity index (χ3n) is 11.3. The Hall–Kier alpha value is -5.22. The number of rotatable bonds is 4. The lowest BCUT2D eigenvalue weighted by molar-refractivity contribution is -0.0470. The summed E-state index contributed by atoms with van der Waals surface area (Å²) < 4.78 is 34.2. The second-order valence-electron chi connectivity index (χ2n) is 14.8. The molecule has 9 rings (SSSR count). The van der Waals surface area contributed by atoms with Crippen LogP contribution in [0.25, 0.3) is 55.0 Å². The van der Waals surface area contributed by atoms with E-state index < -0.39 is 11.3 Å². The van der Waals surface area contributed by atoms with E-state index in [0.29, 0.717) is 12.8 Å². The summed E-state index contributed by atoms with van der Waals surface area (Å²) in [5, 5.41) is 4.97.